The average Bonchev–Trinajstić information content (AvgIpc) is 3.39. The van der Waals surface area contributed by atoms with Crippen LogP contribution in [0.3, 0.4) is 0 Å². The largest absolute Gasteiger partial charge is 0.352 e. The summed E-state index contributed by atoms with van der Waals surface area (Å²) >= 11 is 0. The Balaban J connectivity index is 1.30. The van der Waals surface area contributed by atoms with Crippen molar-refractivity contribution in [2.24, 2.45) is 18.9 Å². The molecular weight excluding hydrogens is 502 g/mol. The molecule has 0 spiro atoms. The van der Waals surface area contributed by atoms with Crippen molar-refractivity contribution in [3.8, 4) is 22.6 Å². The van der Waals surface area contributed by atoms with Gasteiger partial charge in [-0.05, 0) is 129 Å². The molecule has 0 amide bonds. The summed E-state index contributed by atoms with van der Waals surface area (Å²) in [7, 11) is 2.07. The van der Waals surface area contributed by atoms with Gasteiger partial charge in [-0.3, -0.25) is 4.68 Å². The van der Waals surface area contributed by atoms with Gasteiger partial charge in [0.05, 0.1) is 17.1 Å². The van der Waals surface area contributed by atoms with Crippen LogP contribution in [-0.2, 0) is 17.9 Å². The molecule has 5 heteroatoms. The van der Waals surface area contributed by atoms with Crippen molar-refractivity contribution in [1.82, 2.24) is 19.7 Å². The molecule has 41 heavy (non-hydrogen) atoms. The Labute approximate surface area is 247 Å². The topological polar surface area (TPSA) is 46.8 Å². The van der Waals surface area contributed by atoms with Crippen LogP contribution in [0.2, 0.25) is 0 Å². The fourth-order valence-electron chi connectivity index (χ4n) is 9.17. The second kappa shape index (κ2) is 10.2. The minimum Gasteiger partial charge on any atom is -0.352 e. The average molecular weight is 552 g/mol. The van der Waals surface area contributed by atoms with Crippen LogP contribution in [0.25, 0.3) is 22.6 Å². The maximum atomic E-state index is 5.46. The summed E-state index contributed by atoms with van der Waals surface area (Å²) in [5.74, 6) is 4.00. The summed E-state index contributed by atoms with van der Waals surface area (Å²) in [5, 5.41) is 4.98. The van der Waals surface area contributed by atoms with Crippen molar-refractivity contribution in [3.05, 3.63) is 47.8 Å². The minimum absolute atomic E-state index is 0.258. The zero-order valence-corrected chi connectivity index (χ0v) is 26.0. The van der Waals surface area contributed by atoms with E-state index in [0.717, 1.165) is 40.3 Å². The molecule has 2 aromatic heterocycles. The second-order valence-corrected chi connectivity index (χ2v) is 14.7. The van der Waals surface area contributed by atoms with Crippen molar-refractivity contribution >= 4 is 5.82 Å². The highest BCUT2D eigenvalue weighted by Crippen LogP contribution is 2.54. The number of fused-ring (bicyclic) bond motifs is 6. The number of hydrogen-bond donors (Lipinski definition) is 0. The van der Waals surface area contributed by atoms with Gasteiger partial charge in [0.2, 0.25) is 0 Å². The first-order chi connectivity index (χ1) is 19.8. The quantitative estimate of drug-likeness (QED) is 0.295. The highest BCUT2D eigenvalue weighted by molar-refractivity contribution is 5.70. The van der Waals surface area contributed by atoms with Gasteiger partial charge in [0, 0.05) is 47.2 Å². The van der Waals surface area contributed by atoms with E-state index in [1.54, 1.807) is 0 Å². The summed E-state index contributed by atoms with van der Waals surface area (Å²) in [6.07, 6.45) is 16.1. The van der Waals surface area contributed by atoms with Crippen LogP contribution in [0, 0.1) is 11.8 Å². The number of rotatable bonds is 7. The lowest BCUT2D eigenvalue weighted by molar-refractivity contribution is 0.125. The van der Waals surface area contributed by atoms with Crippen molar-refractivity contribution < 1.29 is 0 Å². The maximum absolute atomic E-state index is 5.46. The molecule has 6 saturated carbocycles. The molecule has 6 aliphatic carbocycles. The third-order valence-electron chi connectivity index (χ3n) is 11.6. The molecular formula is C36H49N5. The first kappa shape index (κ1) is 27.2. The lowest BCUT2D eigenvalue weighted by Crippen LogP contribution is -2.41. The fourth-order valence-corrected chi connectivity index (χ4v) is 9.17. The Hall–Kier alpha value is -2.69. The summed E-state index contributed by atoms with van der Waals surface area (Å²) < 4.78 is 2.04. The Bertz CT molecular complexity index is 1320. The number of anilines is 1. The molecule has 9 rings (SSSR count). The molecule has 1 aromatic carbocycles. The van der Waals surface area contributed by atoms with E-state index in [0.29, 0.717) is 12.1 Å². The van der Waals surface area contributed by atoms with Gasteiger partial charge in [0.25, 0.3) is 0 Å². The van der Waals surface area contributed by atoms with Crippen LogP contribution in [0.5, 0.6) is 0 Å². The number of nitrogens with zero attached hydrogens (tertiary/aromatic N) is 5. The first-order valence-electron chi connectivity index (χ1n) is 16.6. The molecule has 0 aliphatic heterocycles. The first-order valence-corrected chi connectivity index (χ1v) is 16.6. The van der Waals surface area contributed by atoms with Crippen LogP contribution in [0.1, 0.15) is 116 Å². The number of hydrogen-bond acceptors (Lipinski definition) is 4. The van der Waals surface area contributed by atoms with Gasteiger partial charge in [-0.1, -0.05) is 18.2 Å². The summed E-state index contributed by atoms with van der Waals surface area (Å²) in [6, 6.07) is 14.4. The Morgan fingerprint density at radius 3 is 1.68 bits per heavy atom. The van der Waals surface area contributed by atoms with Gasteiger partial charge in [-0.15, -0.1) is 0 Å². The van der Waals surface area contributed by atoms with Crippen molar-refractivity contribution in [2.45, 2.75) is 128 Å². The standard InChI is InChI=1S/C36H49N5/c1-24(2)41(25(3)4)33-22-30(39-40(33)5)28-7-6-8-29(21-28)34-37-31(35-15-9-26(10-16-35)11-17-35)23-32(38-34)36-18-12-27(13-19-36)14-20-36/h6-8,21-27H,9-20H2,1-5H3. The van der Waals surface area contributed by atoms with E-state index < -0.39 is 0 Å². The van der Waals surface area contributed by atoms with Gasteiger partial charge < -0.3 is 4.90 Å². The van der Waals surface area contributed by atoms with Crippen molar-refractivity contribution in [1.29, 1.82) is 0 Å². The van der Waals surface area contributed by atoms with E-state index >= 15 is 0 Å². The van der Waals surface area contributed by atoms with E-state index in [1.165, 1.54) is 88.4 Å². The van der Waals surface area contributed by atoms with Gasteiger partial charge in [0.1, 0.15) is 5.82 Å². The van der Waals surface area contributed by atoms with Crippen LogP contribution >= 0.6 is 0 Å². The molecule has 2 heterocycles. The predicted molar refractivity (Wildman–Crippen MR) is 168 cm³/mol. The Morgan fingerprint density at radius 1 is 0.707 bits per heavy atom. The number of aryl methyl sites for hydroxylation is 1. The monoisotopic (exact) mass is 551 g/mol. The maximum Gasteiger partial charge on any atom is 0.159 e. The van der Waals surface area contributed by atoms with Crippen LogP contribution in [0.15, 0.2) is 36.4 Å². The van der Waals surface area contributed by atoms with E-state index in [9.17, 15) is 0 Å². The Morgan fingerprint density at radius 2 is 1.20 bits per heavy atom. The molecule has 0 unspecified atom stereocenters. The summed E-state index contributed by atoms with van der Waals surface area (Å²) in [5.41, 5.74) is 6.51. The lowest BCUT2D eigenvalue weighted by atomic mass is 9.57. The van der Waals surface area contributed by atoms with Crippen molar-refractivity contribution in [3.63, 3.8) is 0 Å². The van der Waals surface area contributed by atoms with E-state index in [4.69, 9.17) is 15.1 Å². The molecule has 0 atom stereocenters. The Kier molecular flexibility index (Phi) is 6.78. The smallest absolute Gasteiger partial charge is 0.159 e. The number of aromatic nitrogens is 4. The fraction of sp³-hybridized carbons (Fsp3) is 0.639. The summed E-state index contributed by atoms with van der Waals surface area (Å²) in [4.78, 5) is 13.4. The molecule has 6 aliphatic rings. The van der Waals surface area contributed by atoms with Crippen LogP contribution in [0.4, 0.5) is 5.82 Å². The normalized spacial score (nSPS) is 29.0. The van der Waals surface area contributed by atoms with Gasteiger partial charge >= 0.3 is 0 Å². The molecule has 5 nitrogen and oxygen atoms in total. The van der Waals surface area contributed by atoms with E-state index in [2.05, 4.69) is 76.0 Å². The van der Waals surface area contributed by atoms with Gasteiger partial charge in [-0.25, -0.2) is 9.97 Å². The zero-order valence-electron chi connectivity index (χ0n) is 26.0. The molecule has 218 valence electrons. The van der Waals surface area contributed by atoms with E-state index in [1.807, 2.05) is 4.68 Å². The van der Waals surface area contributed by atoms with Gasteiger partial charge in [0.15, 0.2) is 5.82 Å². The highest BCUT2D eigenvalue weighted by Gasteiger charge is 2.46. The third kappa shape index (κ3) is 4.72. The summed E-state index contributed by atoms with van der Waals surface area (Å²) in [6.45, 7) is 9.02. The molecule has 0 radical (unpaired) electrons. The zero-order chi connectivity index (χ0) is 28.4. The highest BCUT2D eigenvalue weighted by atomic mass is 15.4. The molecule has 0 saturated heterocycles. The van der Waals surface area contributed by atoms with Crippen molar-refractivity contribution in [2.75, 3.05) is 4.90 Å². The SMILES string of the molecule is CC(C)N(c1cc(-c2cccc(-c3nc(C45CCC(CC4)CC5)cc(C45CCC(CC4)CC5)n3)c2)nn1C)C(C)C. The second-order valence-electron chi connectivity index (χ2n) is 14.7. The minimum atomic E-state index is 0.258. The molecule has 6 fully saturated rings. The van der Waals surface area contributed by atoms with E-state index in [-0.39, 0.29) is 10.8 Å². The lowest BCUT2D eigenvalue weighted by Gasteiger charge is -2.48. The van der Waals surface area contributed by atoms with Crippen LogP contribution in [-0.4, -0.2) is 31.8 Å². The molecule has 0 N–H and O–H groups in total. The predicted octanol–water partition coefficient (Wildman–Crippen LogP) is 8.61. The molecule has 3 aromatic rings. The number of benzene rings is 1. The third-order valence-corrected chi connectivity index (χ3v) is 11.6. The van der Waals surface area contributed by atoms with Gasteiger partial charge in [-0.2, -0.15) is 5.10 Å². The van der Waals surface area contributed by atoms with Crippen LogP contribution < -0.4 is 4.90 Å². The molecule has 4 bridgehead atoms.